The Morgan fingerprint density at radius 1 is 1.32 bits per heavy atom. The quantitative estimate of drug-likeness (QED) is 0.631. The van der Waals surface area contributed by atoms with Crippen LogP contribution in [0.3, 0.4) is 0 Å². The summed E-state index contributed by atoms with van der Waals surface area (Å²) >= 11 is 0. The first kappa shape index (κ1) is 19.8. The molecule has 2 fully saturated rings. The van der Waals surface area contributed by atoms with E-state index in [1.54, 1.807) is 19.1 Å². The molecule has 1 aliphatic carbocycles. The minimum absolute atomic E-state index is 0.0174. The van der Waals surface area contributed by atoms with E-state index in [-0.39, 0.29) is 17.4 Å². The maximum absolute atomic E-state index is 13.5. The van der Waals surface area contributed by atoms with Crippen molar-refractivity contribution in [2.75, 3.05) is 25.3 Å². The number of likely N-dealkylation sites (tertiary alicyclic amines) is 1. The van der Waals surface area contributed by atoms with Gasteiger partial charge in [-0.3, -0.25) is 4.79 Å². The molecule has 8 heteroatoms. The monoisotopic (exact) mass is 424 g/mol. The Hall–Kier alpha value is -3.16. The first-order valence-corrected chi connectivity index (χ1v) is 10.6. The van der Waals surface area contributed by atoms with Gasteiger partial charge in [0.05, 0.1) is 10.9 Å². The number of alkyl halides is 1. The van der Waals surface area contributed by atoms with Crippen LogP contribution in [0.5, 0.6) is 5.75 Å². The number of benzene rings is 1. The summed E-state index contributed by atoms with van der Waals surface area (Å²) in [4.78, 5) is 24.0. The fourth-order valence-electron chi connectivity index (χ4n) is 4.27. The third kappa shape index (κ3) is 3.71. The molecule has 1 atom stereocenters. The van der Waals surface area contributed by atoms with Crippen LogP contribution < -0.4 is 10.1 Å². The molecular weight excluding hydrogens is 399 g/mol. The van der Waals surface area contributed by atoms with Gasteiger partial charge in [-0.15, -0.1) is 0 Å². The van der Waals surface area contributed by atoms with E-state index >= 15 is 0 Å². The number of hydrogen-bond acceptors (Lipinski definition) is 6. The molecular formula is C23H25FN4O3. The number of fused-ring (bicyclic) bond motifs is 1. The van der Waals surface area contributed by atoms with Gasteiger partial charge in [0.2, 0.25) is 12.6 Å². The Morgan fingerprint density at radius 3 is 2.81 bits per heavy atom. The molecule has 7 nitrogen and oxygen atoms in total. The fraction of sp³-hybridized carbons (Fsp3) is 0.435. The van der Waals surface area contributed by atoms with Gasteiger partial charge in [0, 0.05) is 24.5 Å². The molecule has 0 spiro atoms. The number of rotatable bonds is 6. The number of nitrogens with zero attached hydrogens (tertiary/aromatic N) is 3. The summed E-state index contributed by atoms with van der Waals surface area (Å²) in [7, 11) is 0. The van der Waals surface area contributed by atoms with Crippen LogP contribution in [0.4, 0.5) is 10.2 Å². The average Bonchev–Trinajstić information content (AvgIpc) is 3.16. The maximum atomic E-state index is 13.5. The summed E-state index contributed by atoms with van der Waals surface area (Å²) in [5.74, 6) is 1.88. The van der Waals surface area contributed by atoms with Crippen LogP contribution in [0.1, 0.15) is 53.8 Å². The van der Waals surface area contributed by atoms with Crippen molar-refractivity contribution in [2.45, 2.75) is 44.6 Å². The normalized spacial score (nSPS) is 19.6. The number of anilines is 1. The molecule has 2 aliphatic rings. The zero-order valence-electron chi connectivity index (χ0n) is 17.7. The van der Waals surface area contributed by atoms with Crippen LogP contribution in [-0.2, 0) is 0 Å². The molecule has 1 N–H and O–H groups in total. The van der Waals surface area contributed by atoms with E-state index < -0.39 is 6.86 Å². The number of carbonyl (C=O) groups is 1. The van der Waals surface area contributed by atoms with Crippen molar-refractivity contribution in [1.29, 1.82) is 0 Å². The molecule has 3 heterocycles. The van der Waals surface area contributed by atoms with Gasteiger partial charge in [0.15, 0.2) is 0 Å². The molecule has 1 saturated carbocycles. The van der Waals surface area contributed by atoms with Crippen molar-refractivity contribution in [2.24, 2.45) is 0 Å². The Bertz CT molecular complexity index is 1120. The molecule has 0 bridgehead atoms. The number of aromatic nitrogens is 2. The van der Waals surface area contributed by atoms with Gasteiger partial charge >= 0.3 is 0 Å². The largest absolute Gasteiger partial charge is 0.463 e. The van der Waals surface area contributed by atoms with E-state index in [0.717, 1.165) is 24.8 Å². The Kier molecular flexibility index (Phi) is 4.79. The van der Waals surface area contributed by atoms with E-state index in [4.69, 9.17) is 9.15 Å². The third-order valence-electron chi connectivity index (χ3n) is 6.35. The molecule has 0 radical (unpaired) electrons. The van der Waals surface area contributed by atoms with Crippen LogP contribution in [0, 0.1) is 6.92 Å². The van der Waals surface area contributed by atoms with Crippen LogP contribution in [-0.4, -0.2) is 46.3 Å². The summed E-state index contributed by atoms with van der Waals surface area (Å²) in [6, 6.07) is 7.41. The van der Waals surface area contributed by atoms with Crippen LogP contribution in [0.2, 0.25) is 0 Å². The first-order valence-electron chi connectivity index (χ1n) is 10.6. The summed E-state index contributed by atoms with van der Waals surface area (Å²) in [6.45, 7) is 4.37. The molecule has 2 aromatic heterocycles. The van der Waals surface area contributed by atoms with Gasteiger partial charge in [-0.2, -0.15) is 0 Å². The highest BCUT2D eigenvalue weighted by Gasteiger charge is 2.39. The van der Waals surface area contributed by atoms with Gasteiger partial charge in [0.1, 0.15) is 23.7 Å². The second-order valence-electron chi connectivity index (χ2n) is 8.68. The Labute approximate surface area is 179 Å². The highest BCUT2D eigenvalue weighted by atomic mass is 19.1. The predicted molar refractivity (Wildman–Crippen MR) is 114 cm³/mol. The van der Waals surface area contributed by atoms with E-state index in [0.29, 0.717) is 47.1 Å². The smallest absolute Gasteiger partial charge is 0.258 e. The minimum atomic E-state index is -0.844. The van der Waals surface area contributed by atoms with E-state index in [1.807, 2.05) is 17.0 Å². The van der Waals surface area contributed by atoms with Crippen LogP contribution >= 0.6 is 0 Å². The topological polar surface area (TPSA) is 80.5 Å². The highest BCUT2D eigenvalue weighted by molar-refractivity contribution is 6.10. The van der Waals surface area contributed by atoms with Crippen molar-refractivity contribution in [3.05, 3.63) is 47.5 Å². The van der Waals surface area contributed by atoms with Crippen LogP contribution in [0.25, 0.3) is 11.1 Å². The number of nitrogens with one attached hydrogen (secondary N) is 1. The second-order valence-corrected chi connectivity index (χ2v) is 8.68. The minimum Gasteiger partial charge on any atom is -0.463 e. The van der Waals surface area contributed by atoms with E-state index in [2.05, 4.69) is 22.2 Å². The van der Waals surface area contributed by atoms with Gasteiger partial charge in [-0.05, 0) is 50.8 Å². The molecule has 1 aliphatic heterocycles. The van der Waals surface area contributed by atoms with Crippen molar-refractivity contribution in [3.8, 4) is 5.75 Å². The lowest BCUT2D eigenvalue weighted by molar-refractivity contribution is 0.0790. The number of carbonyl (C=O) groups excluding carboxylic acids is 1. The number of aryl methyl sites for hydroxylation is 1. The molecule has 1 aromatic carbocycles. The maximum Gasteiger partial charge on any atom is 0.258 e. The van der Waals surface area contributed by atoms with Gasteiger partial charge in [0.25, 0.3) is 5.91 Å². The lowest BCUT2D eigenvalue weighted by Gasteiger charge is -2.18. The Balaban J connectivity index is 1.39. The summed E-state index contributed by atoms with van der Waals surface area (Å²) < 4.78 is 23.0. The number of furan rings is 1. The number of halogens is 1. The Morgan fingerprint density at radius 2 is 2.10 bits per heavy atom. The van der Waals surface area contributed by atoms with Crippen molar-refractivity contribution < 1.29 is 18.3 Å². The second kappa shape index (κ2) is 7.51. The zero-order chi connectivity index (χ0) is 21.6. The fourth-order valence-corrected chi connectivity index (χ4v) is 4.27. The van der Waals surface area contributed by atoms with Gasteiger partial charge in [-0.25, -0.2) is 14.4 Å². The summed E-state index contributed by atoms with van der Waals surface area (Å²) in [6.07, 6.45) is 4.47. The van der Waals surface area contributed by atoms with E-state index in [9.17, 15) is 9.18 Å². The number of amides is 1. The standard InChI is InChI=1S/C23H25FN4O3/c1-14-18(19-20(27-23(2)8-9-23)25-13-26-21(19)31-14)22(29)28-10-7-16(11-28)15-3-5-17(6-4-15)30-12-24/h3-6,13,16H,7-12H2,1-2H3,(H,25,26,27). The highest BCUT2D eigenvalue weighted by Crippen LogP contribution is 2.40. The molecule has 1 saturated heterocycles. The predicted octanol–water partition coefficient (Wildman–Crippen LogP) is 4.43. The van der Waals surface area contributed by atoms with Gasteiger partial charge < -0.3 is 19.4 Å². The summed E-state index contributed by atoms with van der Waals surface area (Å²) in [5, 5.41) is 4.13. The van der Waals surface area contributed by atoms with Crippen LogP contribution in [0.15, 0.2) is 35.0 Å². The third-order valence-corrected chi connectivity index (χ3v) is 6.35. The van der Waals surface area contributed by atoms with Crippen molar-refractivity contribution >= 4 is 22.8 Å². The first-order chi connectivity index (χ1) is 15.0. The van der Waals surface area contributed by atoms with Crippen molar-refractivity contribution in [1.82, 2.24) is 14.9 Å². The molecule has 1 amide bonds. The zero-order valence-corrected chi connectivity index (χ0v) is 17.7. The molecule has 31 heavy (non-hydrogen) atoms. The SMILES string of the molecule is Cc1oc2ncnc(NC3(C)CC3)c2c1C(=O)N1CCC(c2ccc(OCF)cc2)C1. The molecule has 3 aromatic rings. The lowest BCUT2D eigenvalue weighted by Crippen LogP contribution is -2.29. The van der Waals surface area contributed by atoms with Gasteiger partial charge in [-0.1, -0.05) is 12.1 Å². The number of hydrogen-bond donors (Lipinski definition) is 1. The summed E-state index contributed by atoms with van der Waals surface area (Å²) in [5.41, 5.74) is 2.10. The van der Waals surface area contributed by atoms with Crippen molar-refractivity contribution in [3.63, 3.8) is 0 Å². The van der Waals surface area contributed by atoms with E-state index in [1.165, 1.54) is 6.33 Å². The number of ether oxygens (including phenoxy) is 1. The lowest BCUT2D eigenvalue weighted by atomic mass is 9.98. The molecule has 1 unspecified atom stereocenters. The average molecular weight is 424 g/mol. The molecule has 162 valence electrons. The molecule has 5 rings (SSSR count).